The lowest BCUT2D eigenvalue weighted by molar-refractivity contribution is -0.162. The zero-order valence-corrected chi connectivity index (χ0v) is 21.7. The van der Waals surface area contributed by atoms with Gasteiger partial charge in [-0.3, -0.25) is 9.78 Å². The number of alkyl halides is 2. The number of nitrogens with zero attached hydrogens (tertiary/aromatic N) is 3. The van der Waals surface area contributed by atoms with E-state index in [2.05, 4.69) is 4.98 Å². The Morgan fingerprint density at radius 2 is 1.89 bits per heavy atom. The summed E-state index contributed by atoms with van der Waals surface area (Å²) in [6, 6.07) is 6.22. The van der Waals surface area contributed by atoms with Gasteiger partial charge in [-0.05, 0) is 55.9 Å². The maximum absolute atomic E-state index is 15.7. The zero-order valence-electron chi connectivity index (χ0n) is 20.9. The number of amides is 1. The fourth-order valence-electron chi connectivity index (χ4n) is 4.77. The molecule has 2 fully saturated rings. The molecule has 1 saturated heterocycles. The SMILES string of the molecule is CCc1cccc(-c2cccc(C[C@H]3[C@@H](NS(=O)(=O)N(C)C)C(F)(F)CN3C(=O)C3(O)CCC3)c2F)n1. The number of aliphatic hydroxyl groups is 1. The average Bonchev–Trinajstić information content (AvgIpc) is 3.07. The monoisotopic (exact) mass is 540 g/mol. The lowest BCUT2D eigenvalue weighted by Crippen LogP contribution is -2.58. The highest BCUT2D eigenvalue weighted by Gasteiger charge is 2.60. The van der Waals surface area contributed by atoms with Crippen molar-refractivity contribution in [3.8, 4) is 11.3 Å². The number of rotatable bonds is 8. The van der Waals surface area contributed by atoms with Crippen LogP contribution in [0.2, 0.25) is 0 Å². The zero-order chi connectivity index (χ0) is 27.2. The molecule has 2 heterocycles. The number of carbonyl (C=O) groups is 1. The largest absolute Gasteiger partial charge is 0.380 e. The van der Waals surface area contributed by atoms with Crippen LogP contribution < -0.4 is 4.72 Å². The number of hydrogen-bond donors (Lipinski definition) is 2. The highest BCUT2D eigenvalue weighted by molar-refractivity contribution is 7.87. The van der Waals surface area contributed by atoms with Gasteiger partial charge in [0.25, 0.3) is 22.0 Å². The van der Waals surface area contributed by atoms with E-state index >= 15 is 13.2 Å². The number of likely N-dealkylation sites (tertiary alicyclic amines) is 1. The molecule has 0 unspecified atom stereocenters. The molecule has 1 aliphatic carbocycles. The normalized spacial score (nSPS) is 22.8. The van der Waals surface area contributed by atoms with Crippen LogP contribution in [-0.2, 0) is 27.8 Å². The second kappa shape index (κ2) is 9.97. The van der Waals surface area contributed by atoms with Gasteiger partial charge in [-0.15, -0.1) is 0 Å². The summed E-state index contributed by atoms with van der Waals surface area (Å²) < 4.78 is 74.1. The number of aromatic nitrogens is 1. The topological polar surface area (TPSA) is 103 Å². The van der Waals surface area contributed by atoms with Gasteiger partial charge in [0.2, 0.25) is 0 Å². The quantitative estimate of drug-likeness (QED) is 0.536. The number of benzene rings is 1. The second-order valence-electron chi connectivity index (χ2n) is 9.88. The lowest BCUT2D eigenvalue weighted by Gasteiger charge is -2.40. The van der Waals surface area contributed by atoms with Gasteiger partial charge < -0.3 is 10.0 Å². The Kier molecular flexibility index (Phi) is 7.41. The lowest BCUT2D eigenvalue weighted by atomic mass is 9.79. The highest BCUT2D eigenvalue weighted by atomic mass is 32.2. The fourth-order valence-corrected chi connectivity index (χ4v) is 5.63. The van der Waals surface area contributed by atoms with Crippen LogP contribution in [-0.4, -0.2) is 77.9 Å². The Morgan fingerprint density at radius 1 is 1.22 bits per heavy atom. The van der Waals surface area contributed by atoms with Crippen molar-refractivity contribution in [1.82, 2.24) is 18.9 Å². The Balaban J connectivity index is 1.75. The van der Waals surface area contributed by atoms with E-state index in [4.69, 9.17) is 0 Å². The number of halogens is 3. The van der Waals surface area contributed by atoms with Crippen LogP contribution in [0.5, 0.6) is 0 Å². The molecule has 2 aromatic rings. The predicted molar refractivity (Wildman–Crippen MR) is 131 cm³/mol. The van der Waals surface area contributed by atoms with Crippen LogP contribution in [0.3, 0.4) is 0 Å². The highest BCUT2D eigenvalue weighted by Crippen LogP contribution is 2.41. The average molecular weight is 541 g/mol. The summed E-state index contributed by atoms with van der Waals surface area (Å²) in [7, 11) is -1.95. The maximum Gasteiger partial charge on any atom is 0.283 e. The van der Waals surface area contributed by atoms with Gasteiger partial charge in [0.1, 0.15) is 17.5 Å². The molecule has 202 valence electrons. The van der Waals surface area contributed by atoms with E-state index in [9.17, 15) is 18.3 Å². The van der Waals surface area contributed by atoms with E-state index in [1.807, 2.05) is 17.7 Å². The molecule has 0 bridgehead atoms. The van der Waals surface area contributed by atoms with Gasteiger partial charge in [0.15, 0.2) is 0 Å². The minimum absolute atomic E-state index is 0.0244. The fraction of sp³-hybridized carbons (Fsp3) is 0.520. The van der Waals surface area contributed by atoms with Crippen molar-refractivity contribution in [1.29, 1.82) is 0 Å². The number of nitrogens with one attached hydrogen (secondary N) is 1. The Morgan fingerprint density at radius 3 is 2.49 bits per heavy atom. The van der Waals surface area contributed by atoms with E-state index < -0.39 is 58.5 Å². The molecule has 4 rings (SSSR count). The van der Waals surface area contributed by atoms with E-state index in [0.29, 0.717) is 18.5 Å². The Hall–Kier alpha value is -2.54. The molecule has 1 amide bonds. The molecule has 1 saturated carbocycles. The van der Waals surface area contributed by atoms with Crippen molar-refractivity contribution in [2.24, 2.45) is 0 Å². The molecule has 2 atom stereocenters. The summed E-state index contributed by atoms with van der Waals surface area (Å²) >= 11 is 0. The summed E-state index contributed by atoms with van der Waals surface area (Å²) in [5.41, 5.74) is -0.470. The summed E-state index contributed by atoms with van der Waals surface area (Å²) in [6.45, 7) is 0.816. The van der Waals surface area contributed by atoms with Gasteiger partial charge in [-0.1, -0.05) is 25.1 Å². The van der Waals surface area contributed by atoms with Crippen LogP contribution in [0.1, 0.15) is 37.4 Å². The number of hydrogen-bond acceptors (Lipinski definition) is 5. The molecule has 12 heteroatoms. The summed E-state index contributed by atoms with van der Waals surface area (Å²) in [4.78, 5) is 18.4. The van der Waals surface area contributed by atoms with Gasteiger partial charge in [0, 0.05) is 25.4 Å². The molecule has 1 aliphatic heterocycles. The van der Waals surface area contributed by atoms with E-state index in [1.54, 1.807) is 18.2 Å². The third-order valence-electron chi connectivity index (χ3n) is 7.17. The minimum atomic E-state index is -4.32. The summed E-state index contributed by atoms with van der Waals surface area (Å²) in [5.74, 6) is -5.25. The molecule has 2 N–H and O–H groups in total. The van der Waals surface area contributed by atoms with Crippen molar-refractivity contribution in [3.63, 3.8) is 0 Å². The molecule has 1 aromatic heterocycles. The molecule has 0 spiro atoms. The van der Waals surface area contributed by atoms with Gasteiger partial charge in [0.05, 0.1) is 18.3 Å². The number of carbonyl (C=O) groups excluding carboxylic acids is 1. The standard InChI is InChI=1S/C25H31F3N4O4S/c1-4-17-9-6-11-19(29-17)18-10-5-8-16(21(18)26)14-20-22(30-37(35,36)31(2)3)25(27,28)15-32(20)23(33)24(34)12-7-13-24/h5-6,8-11,20,22,30,34H,4,7,12-15H2,1-3H3/t20-,22+/m0/s1. The predicted octanol–water partition coefficient (Wildman–Crippen LogP) is 2.52. The number of pyridine rings is 1. The third-order valence-corrected chi connectivity index (χ3v) is 8.68. The number of aryl methyl sites for hydroxylation is 1. The molecule has 0 radical (unpaired) electrons. The van der Waals surface area contributed by atoms with Crippen LogP contribution in [0.15, 0.2) is 36.4 Å². The molecule has 1 aromatic carbocycles. The molecule has 37 heavy (non-hydrogen) atoms. The van der Waals surface area contributed by atoms with Crippen molar-refractivity contribution in [3.05, 3.63) is 53.5 Å². The van der Waals surface area contributed by atoms with E-state index in [1.165, 1.54) is 26.2 Å². The maximum atomic E-state index is 15.7. The van der Waals surface area contributed by atoms with Gasteiger partial charge in [-0.25, -0.2) is 13.2 Å². The van der Waals surface area contributed by atoms with Crippen LogP contribution in [0.25, 0.3) is 11.3 Å². The second-order valence-corrected chi connectivity index (χ2v) is 11.8. The van der Waals surface area contributed by atoms with Crippen molar-refractivity contribution in [2.45, 2.75) is 62.6 Å². The smallest absolute Gasteiger partial charge is 0.283 e. The van der Waals surface area contributed by atoms with Crippen LogP contribution in [0, 0.1) is 5.82 Å². The molecular weight excluding hydrogens is 509 g/mol. The first-order valence-electron chi connectivity index (χ1n) is 12.1. The first-order chi connectivity index (χ1) is 17.3. The van der Waals surface area contributed by atoms with Gasteiger partial charge in [-0.2, -0.15) is 17.4 Å². The summed E-state index contributed by atoms with van der Waals surface area (Å²) in [6.07, 6.45) is 1.05. The van der Waals surface area contributed by atoms with Gasteiger partial charge >= 0.3 is 0 Å². The Bertz CT molecular complexity index is 1280. The first kappa shape index (κ1) is 27.5. The molecule has 8 nitrogen and oxygen atoms in total. The van der Waals surface area contributed by atoms with Crippen LogP contribution in [0.4, 0.5) is 13.2 Å². The van der Waals surface area contributed by atoms with E-state index in [-0.39, 0.29) is 24.0 Å². The summed E-state index contributed by atoms with van der Waals surface area (Å²) in [5, 5.41) is 10.6. The molecular formula is C25H31F3N4O4S. The van der Waals surface area contributed by atoms with Crippen molar-refractivity contribution >= 4 is 16.1 Å². The van der Waals surface area contributed by atoms with Crippen molar-refractivity contribution in [2.75, 3.05) is 20.6 Å². The minimum Gasteiger partial charge on any atom is -0.380 e. The first-order valence-corrected chi connectivity index (χ1v) is 13.6. The van der Waals surface area contributed by atoms with Crippen LogP contribution >= 0.6 is 0 Å². The van der Waals surface area contributed by atoms with Crippen molar-refractivity contribution < 1.29 is 31.5 Å². The molecule has 2 aliphatic rings. The Labute approximate surface area is 214 Å². The van der Waals surface area contributed by atoms with E-state index in [0.717, 1.165) is 14.9 Å². The third kappa shape index (κ3) is 5.25.